The van der Waals surface area contributed by atoms with Crippen LogP contribution < -0.4 is 4.31 Å². The second kappa shape index (κ2) is 4.03. The molecular weight excluding hydrogens is 242 g/mol. The number of hydrogen-bond donors (Lipinski definition) is 1. The summed E-state index contributed by atoms with van der Waals surface area (Å²) >= 11 is 0. The highest BCUT2D eigenvalue weighted by atomic mass is 32.2. The van der Waals surface area contributed by atoms with Crippen LogP contribution in [0.4, 0.5) is 5.69 Å². The normalized spacial score (nSPS) is 15.6. The summed E-state index contributed by atoms with van der Waals surface area (Å²) in [5, 5.41) is 8.47. The Morgan fingerprint density at radius 1 is 1.29 bits per heavy atom. The fraction of sp³-hybridized carbons (Fsp3) is 0.364. The quantitative estimate of drug-likeness (QED) is 0.880. The fourth-order valence-electron chi connectivity index (χ4n) is 1.55. The van der Waals surface area contributed by atoms with Crippen molar-refractivity contribution in [2.45, 2.75) is 18.1 Å². The van der Waals surface area contributed by atoms with E-state index in [1.807, 2.05) is 0 Å². The SMILES string of the molecule is CN(c1ccc(C(=O)O)cc1)S(=O)(=O)C1CC1. The molecule has 0 radical (unpaired) electrons. The van der Waals surface area contributed by atoms with Crippen molar-refractivity contribution >= 4 is 21.7 Å². The molecule has 1 aromatic rings. The Balaban J connectivity index is 2.25. The highest BCUT2D eigenvalue weighted by Crippen LogP contribution is 2.32. The molecule has 0 unspecified atom stereocenters. The van der Waals surface area contributed by atoms with E-state index in [2.05, 4.69) is 0 Å². The lowest BCUT2D eigenvalue weighted by atomic mass is 10.2. The summed E-state index contributed by atoms with van der Waals surface area (Å²) in [7, 11) is -1.78. The van der Waals surface area contributed by atoms with Crippen LogP contribution in [0, 0.1) is 0 Å². The minimum atomic E-state index is -3.27. The van der Waals surface area contributed by atoms with E-state index in [-0.39, 0.29) is 10.8 Å². The van der Waals surface area contributed by atoms with Crippen molar-refractivity contribution < 1.29 is 18.3 Å². The maximum atomic E-state index is 11.9. The van der Waals surface area contributed by atoms with Gasteiger partial charge in [-0.05, 0) is 37.1 Å². The first kappa shape index (κ1) is 11.9. The number of aromatic carboxylic acids is 1. The Morgan fingerprint density at radius 3 is 2.24 bits per heavy atom. The average molecular weight is 255 g/mol. The van der Waals surface area contributed by atoms with Crippen LogP contribution in [0.5, 0.6) is 0 Å². The van der Waals surface area contributed by atoms with Gasteiger partial charge in [0, 0.05) is 7.05 Å². The lowest BCUT2D eigenvalue weighted by molar-refractivity contribution is 0.0697. The highest BCUT2D eigenvalue weighted by Gasteiger charge is 2.38. The van der Waals surface area contributed by atoms with Crippen molar-refractivity contribution in [3.05, 3.63) is 29.8 Å². The number of rotatable bonds is 4. The molecule has 0 aromatic heterocycles. The van der Waals surface area contributed by atoms with Gasteiger partial charge in [0.1, 0.15) is 0 Å². The lowest BCUT2D eigenvalue weighted by Crippen LogP contribution is -2.29. The summed E-state index contributed by atoms with van der Waals surface area (Å²) in [5.41, 5.74) is 0.632. The summed E-state index contributed by atoms with van der Waals surface area (Å²) < 4.78 is 25.1. The van der Waals surface area contributed by atoms with Gasteiger partial charge in [-0.25, -0.2) is 13.2 Å². The van der Waals surface area contributed by atoms with Gasteiger partial charge >= 0.3 is 5.97 Å². The molecule has 0 aliphatic heterocycles. The van der Waals surface area contributed by atoms with E-state index < -0.39 is 16.0 Å². The van der Waals surface area contributed by atoms with Gasteiger partial charge in [-0.15, -0.1) is 0 Å². The number of hydrogen-bond acceptors (Lipinski definition) is 3. The van der Waals surface area contributed by atoms with Gasteiger partial charge in [0.15, 0.2) is 0 Å². The third kappa shape index (κ3) is 2.26. The maximum Gasteiger partial charge on any atom is 0.335 e. The molecule has 5 nitrogen and oxygen atoms in total. The predicted octanol–water partition coefficient (Wildman–Crippen LogP) is 1.31. The van der Waals surface area contributed by atoms with Crippen molar-refractivity contribution in [3.63, 3.8) is 0 Å². The zero-order valence-corrected chi connectivity index (χ0v) is 10.1. The molecule has 2 rings (SSSR count). The lowest BCUT2D eigenvalue weighted by Gasteiger charge is -2.19. The Bertz CT molecular complexity index is 531. The van der Waals surface area contributed by atoms with Crippen LogP contribution in [0.2, 0.25) is 0 Å². The number of nitrogens with zero attached hydrogens (tertiary/aromatic N) is 1. The topological polar surface area (TPSA) is 74.7 Å². The zero-order chi connectivity index (χ0) is 12.6. The van der Waals surface area contributed by atoms with E-state index in [0.717, 1.165) is 0 Å². The number of carboxylic acid groups (broad SMARTS) is 1. The molecule has 0 amide bonds. The fourth-order valence-corrected chi connectivity index (χ4v) is 3.14. The number of carboxylic acids is 1. The van der Waals surface area contributed by atoms with Gasteiger partial charge in [-0.3, -0.25) is 4.31 Å². The second-order valence-electron chi connectivity index (χ2n) is 4.06. The largest absolute Gasteiger partial charge is 0.478 e. The number of sulfonamides is 1. The van der Waals surface area contributed by atoms with Crippen LogP contribution in [-0.4, -0.2) is 31.8 Å². The molecular formula is C11H13NO4S. The van der Waals surface area contributed by atoms with Gasteiger partial charge in [-0.1, -0.05) is 0 Å². The molecule has 1 aliphatic rings. The number of carbonyl (C=O) groups is 1. The van der Waals surface area contributed by atoms with Gasteiger partial charge in [0.05, 0.1) is 16.5 Å². The first-order valence-corrected chi connectivity index (χ1v) is 6.74. The summed E-state index contributed by atoms with van der Waals surface area (Å²) in [6, 6.07) is 5.81. The molecule has 1 fully saturated rings. The van der Waals surface area contributed by atoms with Crippen LogP contribution in [0.1, 0.15) is 23.2 Å². The molecule has 1 aromatic carbocycles. The van der Waals surface area contributed by atoms with E-state index in [9.17, 15) is 13.2 Å². The van der Waals surface area contributed by atoms with Crippen LogP contribution in [0.15, 0.2) is 24.3 Å². The predicted molar refractivity (Wildman–Crippen MR) is 63.7 cm³/mol. The maximum absolute atomic E-state index is 11.9. The standard InChI is InChI=1S/C11H13NO4S/c1-12(17(15,16)10-6-7-10)9-4-2-8(3-5-9)11(13)14/h2-5,10H,6-7H2,1H3,(H,13,14). The minimum Gasteiger partial charge on any atom is -0.478 e. The molecule has 0 bridgehead atoms. The van der Waals surface area contributed by atoms with Crippen molar-refractivity contribution in [1.29, 1.82) is 0 Å². The number of benzene rings is 1. The van der Waals surface area contributed by atoms with Gasteiger partial charge in [0.25, 0.3) is 0 Å². The van der Waals surface area contributed by atoms with E-state index in [0.29, 0.717) is 18.5 Å². The Labute approximate surface area is 99.7 Å². The average Bonchev–Trinajstić information content (AvgIpc) is 3.12. The molecule has 92 valence electrons. The third-order valence-electron chi connectivity index (χ3n) is 2.81. The van der Waals surface area contributed by atoms with Crippen molar-refractivity contribution in [2.75, 3.05) is 11.4 Å². The smallest absolute Gasteiger partial charge is 0.335 e. The second-order valence-corrected chi connectivity index (χ2v) is 6.31. The molecule has 1 aliphatic carbocycles. The summed E-state index contributed by atoms with van der Waals surface area (Å²) in [4.78, 5) is 10.7. The molecule has 0 heterocycles. The first-order chi connectivity index (χ1) is 7.93. The van der Waals surface area contributed by atoms with Crippen molar-refractivity contribution in [1.82, 2.24) is 0 Å². The van der Waals surface area contributed by atoms with E-state index in [1.165, 1.54) is 35.6 Å². The molecule has 0 spiro atoms. The Hall–Kier alpha value is -1.56. The van der Waals surface area contributed by atoms with Crippen molar-refractivity contribution in [3.8, 4) is 0 Å². The molecule has 6 heteroatoms. The van der Waals surface area contributed by atoms with Gasteiger partial charge in [-0.2, -0.15) is 0 Å². The monoisotopic (exact) mass is 255 g/mol. The van der Waals surface area contributed by atoms with Crippen LogP contribution >= 0.6 is 0 Å². The minimum absolute atomic E-state index is 0.144. The summed E-state index contributed by atoms with van der Waals surface area (Å²) in [5.74, 6) is -1.02. The Morgan fingerprint density at radius 2 is 1.82 bits per heavy atom. The number of anilines is 1. The summed E-state index contributed by atoms with van der Waals surface area (Å²) in [6.45, 7) is 0. The van der Waals surface area contributed by atoms with E-state index >= 15 is 0 Å². The van der Waals surface area contributed by atoms with E-state index in [4.69, 9.17) is 5.11 Å². The summed E-state index contributed by atoms with van der Waals surface area (Å²) in [6.07, 6.45) is 1.42. The zero-order valence-electron chi connectivity index (χ0n) is 9.33. The van der Waals surface area contributed by atoms with Crippen LogP contribution in [0.3, 0.4) is 0 Å². The third-order valence-corrected chi connectivity index (χ3v) is 5.09. The van der Waals surface area contributed by atoms with Crippen LogP contribution in [0.25, 0.3) is 0 Å². The Kier molecular flexibility index (Phi) is 2.82. The van der Waals surface area contributed by atoms with E-state index in [1.54, 1.807) is 0 Å². The molecule has 1 saturated carbocycles. The molecule has 17 heavy (non-hydrogen) atoms. The molecule has 0 saturated heterocycles. The highest BCUT2D eigenvalue weighted by molar-refractivity contribution is 7.93. The van der Waals surface area contributed by atoms with Gasteiger partial charge < -0.3 is 5.11 Å². The molecule has 1 N–H and O–H groups in total. The van der Waals surface area contributed by atoms with Crippen LogP contribution in [-0.2, 0) is 10.0 Å². The van der Waals surface area contributed by atoms with Gasteiger partial charge in [0.2, 0.25) is 10.0 Å². The van der Waals surface area contributed by atoms with Crippen molar-refractivity contribution in [2.24, 2.45) is 0 Å². The molecule has 0 atom stereocenters. The first-order valence-electron chi connectivity index (χ1n) is 5.24.